The van der Waals surface area contributed by atoms with Gasteiger partial charge in [-0.25, -0.2) is 4.79 Å². The largest absolute Gasteiger partial charge is 0.351 e. The standard InChI is InChI=1S/C14H27N3O2/c1-10(2)9-11(3)16(4)13(18)12-5-7-17(8-6-12)14(15)19/h10-12H,5-9H2,1-4H3,(H2,15,19)/t11-/m1/s1. The Morgan fingerprint density at radius 3 is 2.21 bits per heavy atom. The van der Waals surface area contributed by atoms with E-state index in [4.69, 9.17) is 5.73 Å². The minimum atomic E-state index is -0.382. The molecule has 1 heterocycles. The fourth-order valence-corrected chi connectivity index (χ4v) is 2.69. The van der Waals surface area contributed by atoms with Gasteiger partial charge in [0.05, 0.1) is 0 Å². The second-order valence-corrected chi connectivity index (χ2v) is 6.03. The molecule has 1 aliphatic rings. The van der Waals surface area contributed by atoms with Crippen molar-refractivity contribution in [1.82, 2.24) is 9.80 Å². The zero-order chi connectivity index (χ0) is 14.6. The van der Waals surface area contributed by atoms with Crippen LogP contribution in [0.1, 0.15) is 40.0 Å². The second kappa shape index (κ2) is 6.78. The lowest BCUT2D eigenvalue weighted by atomic mass is 9.94. The first-order chi connectivity index (χ1) is 8.82. The molecule has 0 unspecified atom stereocenters. The van der Waals surface area contributed by atoms with E-state index in [1.165, 1.54) is 0 Å². The molecular formula is C14H27N3O2. The number of hydrogen-bond acceptors (Lipinski definition) is 2. The summed E-state index contributed by atoms with van der Waals surface area (Å²) < 4.78 is 0. The molecule has 0 radical (unpaired) electrons. The lowest BCUT2D eigenvalue weighted by molar-refractivity contribution is -0.137. The van der Waals surface area contributed by atoms with E-state index in [0.29, 0.717) is 19.0 Å². The summed E-state index contributed by atoms with van der Waals surface area (Å²) in [7, 11) is 1.88. The molecule has 0 bridgehead atoms. The van der Waals surface area contributed by atoms with E-state index in [0.717, 1.165) is 19.3 Å². The molecule has 19 heavy (non-hydrogen) atoms. The number of urea groups is 1. The number of carbonyl (C=O) groups excluding carboxylic acids is 2. The molecule has 0 aromatic carbocycles. The molecule has 1 rings (SSSR count). The second-order valence-electron chi connectivity index (χ2n) is 6.03. The van der Waals surface area contributed by atoms with Crippen LogP contribution in [0.2, 0.25) is 0 Å². The summed E-state index contributed by atoms with van der Waals surface area (Å²) in [5.41, 5.74) is 5.24. The van der Waals surface area contributed by atoms with Crippen molar-refractivity contribution in [3.8, 4) is 0 Å². The summed E-state index contributed by atoms with van der Waals surface area (Å²) in [6.45, 7) is 7.62. The Labute approximate surface area is 116 Å². The number of hydrogen-bond donors (Lipinski definition) is 1. The zero-order valence-corrected chi connectivity index (χ0v) is 12.6. The van der Waals surface area contributed by atoms with Gasteiger partial charge in [0.25, 0.3) is 0 Å². The molecule has 0 spiro atoms. The summed E-state index contributed by atoms with van der Waals surface area (Å²) >= 11 is 0. The Morgan fingerprint density at radius 1 is 1.26 bits per heavy atom. The van der Waals surface area contributed by atoms with E-state index in [-0.39, 0.29) is 23.9 Å². The number of amides is 3. The summed E-state index contributed by atoms with van der Waals surface area (Å²) in [5.74, 6) is 0.828. The Hall–Kier alpha value is -1.26. The molecular weight excluding hydrogens is 242 g/mol. The van der Waals surface area contributed by atoms with E-state index in [1.807, 2.05) is 11.9 Å². The number of carbonyl (C=O) groups is 2. The molecule has 0 aromatic rings. The van der Waals surface area contributed by atoms with Crippen molar-refractivity contribution in [2.75, 3.05) is 20.1 Å². The van der Waals surface area contributed by atoms with E-state index in [2.05, 4.69) is 20.8 Å². The minimum Gasteiger partial charge on any atom is -0.351 e. The van der Waals surface area contributed by atoms with Crippen LogP contribution >= 0.6 is 0 Å². The van der Waals surface area contributed by atoms with Gasteiger partial charge < -0.3 is 15.5 Å². The number of nitrogens with two attached hydrogens (primary N) is 1. The first-order valence-electron chi connectivity index (χ1n) is 7.14. The van der Waals surface area contributed by atoms with Crippen molar-refractivity contribution in [2.24, 2.45) is 17.6 Å². The van der Waals surface area contributed by atoms with Crippen molar-refractivity contribution in [2.45, 2.75) is 46.1 Å². The molecule has 1 fully saturated rings. The molecule has 5 heteroatoms. The Morgan fingerprint density at radius 2 is 1.79 bits per heavy atom. The lowest BCUT2D eigenvalue weighted by Crippen LogP contribution is -2.47. The smallest absolute Gasteiger partial charge is 0.314 e. The van der Waals surface area contributed by atoms with Gasteiger partial charge in [0, 0.05) is 32.1 Å². The van der Waals surface area contributed by atoms with Gasteiger partial charge in [0.1, 0.15) is 0 Å². The van der Waals surface area contributed by atoms with Crippen molar-refractivity contribution in [3.05, 3.63) is 0 Å². The van der Waals surface area contributed by atoms with Gasteiger partial charge in [0.2, 0.25) is 5.91 Å². The van der Waals surface area contributed by atoms with Gasteiger partial charge >= 0.3 is 6.03 Å². The topological polar surface area (TPSA) is 66.6 Å². The minimum absolute atomic E-state index is 0.0372. The van der Waals surface area contributed by atoms with Crippen LogP contribution in [0.5, 0.6) is 0 Å². The highest BCUT2D eigenvalue weighted by Gasteiger charge is 2.29. The van der Waals surface area contributed by atoms with Gasteiger partial charge in [-0.1, -0.05) is 13.8 Å². The third-order valence-electron chi connectivity index (χ3n) is 3.98. The third kappa shape index (κ3) is 4.40. The number of rotatable bonds is 4. The van der Waals surface area contributed by atoms with E-state index >= 15 is 0 Å². The van der Waals surface area contributed by atoms with Crippen LogP contribution in [0.3, 0.4) is 0 Å². The van der Waals surface area contributed by atoms with Crippen LogP contribution in [0.25, 0.3) is 0 Å². The van der Waals surface area contributed by atoms with E-state index in [9.17, 15) is 9.59 Å². The van der Waals surface area contributed by atoms with Crippen LogP contribution in [0, 0.1) is 11.8 Å². The first kappa shape index (κ1) is 15.8. The lowest BCUT2D eigenvalue weighted by Gasteiger charge is -2.34. The van der Waals surface area contributed by atoms with Crippen molar-refractivity contribution >= 4 is 11.9 Å². The summed E-state index contributed by atoms with van der Waals surface area (Å²) in [6.07, 6.45) is 2.46. The summed E-state index contributed by atoms with van der Waals surface area (Å²) in [5, 5.41) is 0. The maximum Gasteiger partial charge on any atom is 0.314 e. The average molecular weight is 269 g/mol. The molecule has 0 saturated carbocycles. The normalized spacial score (nSPS) is 18.5. The van der Waals surface area contributed by atoms with Crippen LogP contribution in [0.15, 0.2) is 0 Å². The predicted molar refractivity (Wildman–Crippen MR) is 75.6 cm³/mol. The van der Waals surface area contributed by atoms with Crippen molar-refractivity contribution in [1.29, 1.82) is 0 Å². The molecule has 110 valence electrons. The van der Waals surface area contributed by atoms with Gasteiger partial charge in [-0.15, -0.1) is 0 Å². The molecule has 1 atom stereocenters. The van der Waals surface area contributed by atoms with Crippen molar-refractivity contribution < 1.29 is 9.59 Å². The number of nitrogens with zero attached hydrogens (tertiary/aromatic N) is 2. The van der Waals surface area contributed by atoms with Crippen LogP contribution < -0.4 is 5.73 Å². The van der Waals surface area contributed by atoms with E-state index in [1.54, 1.807) is 4.90 Å². The quantitative estimate of drug-likeness (QED) is 0.843. The van der Waals surface area contributed by atoms with Gasteiger partial charge in [-0.05, 0) is 32.1 Å². The van der Waals surface area contributed by atoms with Crippen molar-refractivity contribution in [3.63, 3.8) is 0 Å². The highest BCUT2D eigenvalue weighted by Crippen LogP contribution is 2.21. The number of piperidine rings is 1. The Balaban J connectivity index is 2.48. The summed E-state index contributed by atoms with van der Waals surface area (Å²) in [4.78, 5) is 26.9. The fraction of sp³-hybridized carbons (Fsp3) is 0.857. The Bertz CT molecular complexity index is 323. The Kier molecular flexibility index (Phi) is 5.63. The molecule has 1 aliphatic heterocycles. The monoisotopic (exact) mass is 269 g/mol. The highest BCUT2D eigenvalue weighted by molar-refractivity contribution is 5.79. The first-order valence-corrected chi connectivity index (χ1v) is 7.14. The molecule has 5 nitrogen and oxygen atoms in total. The molecule has 0 aliphatic carbocycles. The maximum atomic E-state index is 12.4. The number of primary amides is 1. The third-order valence-corrected chi connectivity index (χ3v) is 3.98. The predicted octanol–water partition coefficient (Wildman–Crippen LogP) is 1.67. The maximum absolute atomic E-state index is 12.4. The molecule has 1 saturated heterocycles. The SMILES string of the molecule is CC(C)C[C@@H](C)N(C)C(=O)C1CCN(C(N)=O)CC1. The van der Waals surface area contributed by atoms with E-state index < -0.39 is 0 Å². The average Bonchev–Trinajstić information content (AvgIpc) is 2.36. The fourth-order valence-electron chi connectivity index (χ4n) is 2.69. The zero-order valence-electron chi connectivity index (χ0n) is 12.6. The number of likely N-dealkylation sites (tertiary alicyclic amines) is 1. The molecule has 0 aromatic heterocycles. The van der Waals surface area contributed by atoms with Crippen LogP contribution in [-0.2, 0) is 4.79 Å². The van der Waals surface area contributed by atoms with Crippen LogP contribution in [0.4, 0.5) is 4.79 Å². The van der Waals surface area contributed by atoms with Crippen LogP contribution in [-0.4, -0.2) is 47.9 Å². The molecule has 3 amide bonds. The molecule has 2 N–H and O–H groups in total. The van der Waals surface area contributed by atoms with Gasteiger partial charge in [-0.3, -0.25) is 4.79 Å². The highest BCUT2D eigenvalue weighted by atomic mass is 16.2. The van der Waals surface area contributed by atoms with Gasteiger partial charge in [0.15, 0.2) is 0 Å². The van der Waals surface area contributed by atoms with Gasteiger partial charge in [-0.2, -0.15) is 0 Å². The summed E-state index contributed by atoms with van der Waals surface area (Å²) in [6, 6.07) is -0.117.